The van der Waals surface area contributed by atoms with Gasteiger partial charge in [0.1, 0.15) is 17.1 Å². The number of nitrogens with one attached hydrogen (secondary N) is 3. The Morgan fingerprint density at radius 3 is 2.56 bits per heavy atom. The number of hydrogen-bond donors (Lipinski definition) is 3. The molecule has 7 nitrogen and oxygen atoms in total. The summed E-state index contributed by atoms with van der Waals surface area (Å²) in [5.74, 6) is 0.289. The molecule has 2 aromatic carbocycles. The van der Waals surface area contributed by atoms with Crippen LogP contribution in [0.5, 0.6) is 5.75 Å². The van der Waals surface area contributed by atoms with E-state index in [-0.39, 0.29) is 17.5 Å². The Kier molecular flexibility index (Phi) is 5.46. The molecule has 1 heterocycles. The molecule has 138 valence electrons. The molecule has 3 N–H and O–H groups in total. The van der Waals surface area contributed by atoms with Gasteiger partial charge in [-0.2, -0.15) is 10.2 Å². The van der Waals surface area contributed by atoms with Crippen molar-refractivity contribution in [2.45, 2.75) is 6.92 Å². The maximum absolute atomic E-state index is 13.0. The van der Waals surface area contributed by atoms with Crippen molar-refractivity contribution in [3.8, 4) is 5.75 Å². The third kappa shape index (κ3) is 4.49. The lowest BCUT2D eigenvalue weighted by Gasteiger charge is -2.06. The van der Waals surface area contributed by atoms with Gasteiger partial charge in [0.25, 0.3) is 5.91 Å². The van der Waals surface area contributed by atoms with Crippen molar-refractivity contribution >= 4 is 23.6 Å². The van der Waals surface area contributed by atoms with Gasteiger partial charge in [-0.3, -0.25) is 15.3 Å². The van der Waals surface area contributed by atoms with Gasteiger partial charge >= 0.3 is 0 Å². The molecule has 27 heavy (non-hydrogen) atoms. The lowest BCUT2D eigenvalue weighted by atomic mass is 10.2. The molecule has 0 saturated heterocycles. The van der Waals surface area contributed by atoms with E-state index in [2.05, 4.69) is 26.0 Å². The van der Waals surface area contributed by atoms with Gasteiger partial charge in [-0.1, -0.05) is 0 Å². The highest BCUT2D eigenvalue weighted by Gasteiger charge is 2.18. The molecule has 3 aromatic rings. The van der Waals surface area contributed by atoms with E-state index < -0.39 is 0 Å². The molecule has 0 aliphatic heterocycles. The standard InChI is InChI=1S/C19H18FN5O2/c1-12-17(19(26)22-15-7-5-14(20)6-8-15)18(25-23-12)24-21-11-13-3-9-16(27-2)10-4-13/h3-11H,1-2H3,(H,22,26)(H2,23,24,25)/b21-11+. The number of carbonyl (C=O) groups excluding carboxylic acids is 1. The van der Waals surface area contributed by atoms with Crippen LogP contribution in [0.3, 0.4) is 0 Å². The van der Waals surface area contributed by atoms with Gasteiger partial charge in [-0.05, 0) is 61.0 Å². The second kappa shape index (κ2) is 8.13. The van der Waals surface area contributed by atoms with Crippen molar-refractivity contribution in [1.29, 1.82) is 0 Å². The van der Waals surface area contributed by atoms with Gasteiger partial charge < -0.3 is 10.1 Å². The fourth-order valence-corrected chi connectivity index (χ4v) is 2.37. The largest absolute Gasteiger partial charge is 0.497 e. The van der Waals surface area contributed by atoms with Crippen LogP contribution >= 0.6 is 0 Å². The highest BCUT2D eigenvalue weighted by molar-refractivity contribution is 6.08. The number of hydrogen-bond acceptors (Lipinski definition) is 5. The van der Waals surface area contributed by atoms with E-state index in [9.17, 15) is 9.18 Å². The maximum Gasteiger partial charge on any atom is 0.261 e. The van der Waals surface area contributed by atoms with Crippen molar-refractivity contribution < 1.29 is 13.9 Å². The number of ether oxygens (including phenoxy) is 1. The second-order valence-electron chi connectivity index (χ2n) is 5.68. The number of nitrogens with zero attached hydrogens (tertiary/aromatic N) is 2. The molecule has 0 unspecified atom stereocenters. The number of benzene rings is 2. The van der Waals surface area contributed by atoms with Crippen LogP contribution in [-0.2, 0) is 0 Å². The van der Waals surface area contributed by atoms with E-state index >= 15 is 0 Å². The van der Waals surface area contributed by atoms with E-state index in [1.54, 1.807) is 20.2 Å². The van der Waals surface area contributed by atoms with Crippen LogP contribution in [0.15, 0.2) is 53.6 Å². The van der Waals surface area contributed by atoms with Crippen LogP contribution in [-0.4, -0.2) is 29.4 Å². The number of methoxy groups -OCH3 is 1. The van der Waals surface area contributed by atoms with Gasteiger partial charge in [0.2, 0.25) is 0 Å². The number of carbonyl (C=O) groups is 1. The lowest BCUT2D eigenvalue weighted by molar-refractivity contribution is 0.102. The van der Waals surface area contributed by atoms with E-state index in [0.717, 1.165) is 11.3 Å². The first-order valence-electron chi connectivity index (χ1n) is 8.12. The molecular formula is C19H18FN5O2. The number of aromatic nitrogens is 2. The Labute approximate surface area is 155 Å². The molecule has 0 aliphatic carbocycles. The minimum Gasteiger partial charge on any atom is -0.497 e. The first kappa shape index (κ1) is 18.1. The van der Waals surface area contributed by atoms with E-state index in [0.29, 0.717) is 16.9 Å². The summed E-state index contributed by atoms with van der Waals surface area (Å²) in [4.78, 5) is 12.5. The van der Waals surface area contributed by atoms with Crippen molar-refractivity contribution in [2.24, 2.45) is 5.10 Å². The zero-order chi connectivity index (χ0) is 19.2. The van der Waals surface area contributed by atoms with Crippen molar-refractivity contribution in [2.75, 3.05) is 17.9 Å². The van der Waals surface area contributed by atoms with E-state index in [4.69, 9.17) is 4.74 Å². The van der Waals surface area contributed by atoms with Crippen molar-refractivity contribution in [3.63, 3.8) is 0 Å². The summed E-state index contributed by atoms with van der Waals surface area (Å²) in [5, 5.41) is 13.6. The number of hydrazone groups is 1. The molecule has 0 saturated carbocycles. The number of H-pyrrole nitrogens is 1. The second-order valence-corrected chi connectivity index (χ2v) is 5.68. The van der Waals surface area contributed by atoms with Crippen LogP contribution in [0, 0.1) is 12.7 Å². The van der Waals surface area contributed by atoms with Gasteiger partial charge in [0, 0.05) is 11.4 Å². The molecule has 1 amide bonds. The SMILES string of the molecule is COc1ccc(/C=N/Nc2n[nH]c(C)c2C(=O)Nc2ccc(F)cc2)cc1. The number of amides is 1. The van der Waals surface area contributed by atoms with E-state index in [1.165, 1.54) is 24.3 Å². The fraction of sp³-hybridized carbons (Fsp3) is 0.105. The summed E-state index contributed by atoms with van der Waals surface area (Å²) in [6.07, 6.45) is 1.60. The highest BCUT2D eigenvalue weighted by Crippen LogP contribution is 2.19. The third-order valence-electron chi connectivity index (χ3n) is 3.78. The monoisotopic (exact) mass is 367 g/mol. The Hall–Kier alpha value is -3.68. The average Bonchev–Trinajstić information content (AvgIpc) is 3.05. The minimum absolute atomic E-state index is 0.289. The van der Waals surface area contributed by atoms with Crippen LogP contribution in [0.1, 0.15) is 21.6 Å². The minimum atomic E-state index is -0.380. The van der Waals surface area contributed by atoms with Gasteiger partial charge in [0.15, 0.2) is 5.82 Å². The summed E-state index contributed by atoms with van der Waals surface area (Å²) in [6, 6.07) is 12.9. The molecule has 0 fully saturated rings. The summed E-state index contributed by atoms with van der Waals surface area (Å²) in [5.41, 5.74) is 5.00. The Balaban J connectivity index is 1.70. The number of rotatable bonds is 6. The van der Waals surface area contributed by atoms with Crippen LogP contribution in [0.2, 0.25) is 0 Å². The lowest BCUT2D eigenvalue weighted by Crippen LogP contribution is -2.14. The molecule has 0 bridgehead atoms. The topological polar surface area (TPSA) is 91.4 Å². The predicted molar refractivity (Wildman–Crippen MR) is 102 cm³/mol. The highest BCUT2D eigenvalue weighted by atomic mass is 19.1. The summed E-state index contributed by atoms with van der Waals surface area (Å²) < 4.78 is 18.1. The van der Waals surface area contributed by atoms with Crippen molar-refractivity contribution in [1.82, 2.24) is 10.2 Å². The Bertz CT molecular complexity index is 949. The molecule has 0 radical (unpaired) electrons. The van der Waals surface area contributed by atoms with E-state index in [1.807, 2.05) is 24.3 Å². The summed E-state index contributed by atoms with van der Waals surface area (Å²) >= 11 is 0. The first-order chi connectivity index (χ1) is 13.1. The quantitative estimate of drug-likeness (QED) is 0.459. The number of aromatic amines is 1. The molecule has 3 rings (SSSR count). The van der Waals surface area contributed by atoms with Crippen molar-refractivity contribution in [3.05, 3.63) is 71.2 Å². The summed E-state index contributed by atoms with van der Waals surface area (Å²) in [7, 11) is 1.60. The third-order valence-corrected chi connectivity index (χ3v) is 3.78. The van der Waals surface area contributed by atoms with Crippen LogP contribution in [0.25, 0.3) is 0 Å². The van der Waals surface area contributed by atoms with Crippen LogP contribution in [0.4, 0.5) is 15.9 Å². The van der Waals surface area contributed by atoms with Crippen LogP contribution < -0.4 is 15.5 Å². The first-order valence-corrected chi connectivity index (χ1v) is 8.12. The molecule has 0 atom stereocenters. The number of anilines is 2. The fourth-order valence-electron chi connectivity index (χ4n) is 2.37. The Morgan fingerprint density at radius 1 is 1.19 bits per heavy atom. The van der Waals surface area contributed by atoms with Gasteiger partial charge in [0.05, 0.1) is 13.3 Å². The van der Waals surface area contributed by atoms with Gasteiger partial charge in [-0.15, -0.1) is 0 Å². The number of halogens is 1. The molecule has 0 aliphatic rings. The number of aryl methyl sites for hydroxylation is 1. The zero-order valence-corrected chi connectivity index (χ0v) is 14.8. The molecule has 8 heteroatoms. The molecule has 0 spiro atoms. The maximum atomic E-state index is 13.0. The smallest absolute Gasteiger partial charge is 0.261 e. The molecule has 1 aromatic heterocycles. The Morgan fingerprint density at radius 2 is 1.89 bits per heavy atom. The molecular weight excluding hydrogens is 349 g/mol. The normalized spacial score (nSPS) is 10.8. The zero-order valence-electron chi connectivity index (χ0n) is 14.8. The average molecular weight is 367 g/mol. The predicted octanol–water partition coefficient (Wildman–Crippen LogP) is 3.56. The van der Waals surface area contributed by atoms with Gasteiger partial charge in [-0.25, -0.2) is 4.39 Å². The summed E-state index contributed by atoms with van der Waals surface area (Å²) in [6.45, 7) is 1.73.